The van der Waals surface area contributed by atoms with E-state index >= 15 is 0 Å². The second kappa shape index (κ2) is 10.9. The molecule has 6 nitrogen and oxygen atoms in total. The van der Waals surface area contributed by atoms with Gasteiger partial charge in [-0.2, -0.15) is 0 Å². The van der Waals surface area contributed by atoms with Gasteiger partial charge in [-0.25, -0.2) is 0 Å². The van der Waals surface area contributed by atoms with E-state index in [1.165, 1.54) is 5.56 Å². The molecule has 1 amide bonds. The van der Waals surface area contributed by atoms with Gasteiger partial charge >= 0.3 is 0 Å². The molecule has 178 valence electrons. The van der Waals surface area contributed by atoms with Crippen molar-refractivity contribution in [1.82, 2.24) is 9.80 Å². The van der Waals surface area contributed by atoms with Crippen LogP contribution in [0.15, 0.2) is 42.5 Å². The minimum absolute atomic E-state index is 0.0750. The number of benzene rings is 2. The predicted molar refractivity (Wildman–Crippen MR) is 129 cm³/mol. The number of hydrogen-bond acceptors (Lipinski definition) is 5. The molecule has 6 heteroatoms. The van der Waals surface area contributed by atoms with Gasteiger partial charge in [0, 0.05) is 18.2 Å². The summed E-state index contributed by atoms with van der Waals surface area (Å²) in [6.45, 7) is 3.28. The van der Waals surface area contributed by atoms with E-state index in [1.54, 1.807) is 21.3 Å². The van der Waals surface area contributed by atoms with Gasteiger partial charge in [0.1, 0.15) is 17.2 Å². The zero-order chi connectivity index (χ0) is 23.2. The van der Waals surface area contributed by atoms with E-state index in [0.717, 1.165) is 74.6 Å². The molecule has 2 aliphatic heterocycles. The van der Waals surface area contributed by atoms with Crippen LogP contribution < -0.4 is 14.2 Å². The van der Waals surface area contributed by atoms with Crippen LogP contribution in [-0.4, -0.2) is 63.2 Å². The standard InChI is InChI=1S/C27H36N2O4/c1-31-22-8-6-20(7-9-22)17-21-12-15-28(16-13-21)19-27(30)29-14-4-5-25(29)24-11-10-23(32-2)18-26(24)33-3/h6-11,18,21,25H,4-5,12-17,19H2,1-3H3. The van der Waals surface area contributed by atoms with Crippen LogP contribution in [0.3, 0.4) is 0 Å². The Hall–Kier alpha value is -2.73. The first-order valence-corrected chi connectivity index (χ1v) is 12.0. The lowest BCUT2D eigenvalue weighted by molar-refractivity contribution is -0.133. The van der Waals surface area contributed by atoms with Crippen molar-refractivity contribution in [3.05, 3.63) is 53.6 Å². The lowest BCUT2D eigenvalue weighted by Crippen LogP contribution is -2.43. The molecular formula is C27H36N2O4. The number of carbonyl (C=O) groups excluding carboxylic acids is 1. The molecule has 2 fully saturated rings. The van der Waals surface area contributed by atoms with Gasteiger partial charge in [-0.3, -0.25) is 9.69 Å². The number of ether oxygens (including phenoxy) is 3. The van der Waals surface area contributed by atoms with Crippen LogP contribution in [0, 0.1) is 5.92 Å². The lowest BCUT2D eigenvalue weighted by atomic mass is 9.90. The molecule has 1 unspecified atom stereocenters. The second-order valence-electron chi connectivity index (χ2n) is 9.12. The summed E-state index contributed by atoms with van der Waals surface area (Å²) in [7, 11) is 5.03. The highest BCUT2D eigenvalue weighted by atomic mass is 16.5. The Morgan fingerprint density at radius 3 is 2.24 bits per heavy atom. The highest BCUT2D eigenvalue weighted by Gasteiger charge is 2.33. The Morgan fingerprint density at radius 1 is 0.879 bits per heavy atom. The predicted octanol–water partition coefficient (Wildman–Crippen LogP) is 4.33. The summed E-state index contributed by atoms with van der Waals surface area (Å²) < 4.78 is 16.2. The van der Waals surface area contributed by atoms with Gasteiger partial charge in [0.15, 0.2) is 0 Å². The lowest BCUT2D eigenvalue weighted by Gasteiger charge is -2.34. The molecule has 0 radical (unpaired) electrons. The van der Waals surface area contributed by atoms with Crippen molar-refractivity contribution >= 4 is 5.91 Å². The van der Waals surface area contributed by atoms with E-state index in [-0.39, 0.29) is 11.9 Å². The summed E-state index contributed by atoms with van der Waals surface area (Å²) >= 11 is 0. The molecule has 2 heterocycles. The molecule has 4 rings (SSSR count). The van der Waals surface area contributed by atoms with Crippen LogP contribution in [0.4, 0.5) is 0 Å². The first-order valence-electron chi connectivity index (χ1n) is 12.0. The zero-order valence-electron chi connectivity index (χ0n) is 20.1. The van der Waals surface area contributed by atoms with Gasteiger partial charge in [0.25, 0.3) is 0 Å². The van der Waals surface area contributed by atoms with Crippen LogP contribution >= 0.6 is 0 Å². The number of likely N-dealkylation sites (tertiary alicyclic amines) is 2. The number of methoxy groups -OCH3 is 3. The normalized spacial score (nSPS) is 19.5. The largest absolute Gasteiger partial charge is 0.497 e. The maximum Gasteiger partial charge on any atom is 0.237 e. The van der Waals surface area contributed by atoms with Crippen molar-refractivity contribution in [2.45, 2.75) is 38.1 Å². The Balaban J connectivity index is 1.31. The highest BCUT2D eigenvalue weighted by molar-refractivity contribution is 5.79. The van der Waals surface area contributed by atoms with Crippen molar-refractivity contribution in [2.75, 3.05) is 47.5 Å². The average Bonchev–Trinajstić information content (AvgIpc) is 3.35. The Morgan fingerprint density at radius 2 is 1.58 bits per heavy atom. The third kappa shape index (κ3) is 5.61. The van der Waals surface area contributed by atoms with Gasteiger partial charge < -0.3 is 19.1 Å². The monoisotopic (exact) mass is 452 g/mol. The topological polar surface area (TPSA) is 51.2 Å². The Kier molecular flexibility index (Phi) is 7.76. The van der Waals surface area contributed by atoms with Crippen LogP contribution in [0.1, 0.15) is 42.9 Å². The molecule has 0 aliphatic carbocycles. The number of hydrogen-bond donors (Lipinski definition) is 0. The van der Waals surface area contributed by atoms with E-state index in [0.29, 0.717) is 12.5 Å². The average molecular weight is 453 g/mol. The number of piperidine rings is 1. The number of nitrogens with zero attached hydrogens (tertiary/aromatic N) is 2. The zero-order valence-corrected chi connectivity index (χ0v) is 20.1. The molecule has 0 spiro atoms. The van der Waals surface area contributed by atoms with Gasteiger partial charge in [-0.15, -0.1) is 0 Å². The van der Waals surface area contributed by atoms with Gasteiger partial charge in [0.05, 0.1) is 33.9 Å². The summed E-state index contributed by atoms with van der Waals surface area (Å²) in [5.74, 6) is 3.36. The number of rotatable bonds is 8. The van der Waals surface area contributed by atoms with Crippen LogP contribution in [0.2, 0.25) is 0 Å². The summed E-state index contributed by atoms with van der Waals surface area (Å²) in [5, 5.41) is 0. The van der Waals surface area contributed by atoms with Crippen molar-refractivity contribution in [3.63, 3.8) is 0 Å². The molecule has 0 N–H and O–H groups in total. The molecule has 33 heavy (non-hydrogen) atoms. The van der Waals surface area contributed by atoms with Crippen molar-refractivity contribution in [2.24, 2.45) is 5.92 Å². The minimum atomic E-state index is 0.0750. The highest BCUT2D eigenvalue weighted by Crippen LogP contribution is 2.38. The third-order valence-corrected chi connectivity index (χ3v) is 7.12. The quantitative estimate of drug-likeness (QED) is 0.597. The van der Waals surface area contributed by atoms with Crippen molar-refractivity contribution < 1.29 is 19.0 Å². The van der Waals surface area contributed by atoms with Crippen LogP contribution in [0.25, 0.3) is 0 Å². The van der Waals surface area contributed by atoms with Crippen molar-refractivity contribution in [1.29, 1.82) is 0 Å². The molecule has 2 saturated heterocycles. The Labute approximate surface area is 197 Å². The fourth-order valence-electron chi connectivity index (χ4n) is 5.21. The maximum atomic E-state index is 13.3. The second-order valence-corrected chi connectivity index (χ2v) is 9.12. The first-order chi connectivity index (χ1) is 16.1. The first kappa shape index (κ1) is 23.4. The third-order valence-electron chi connectivity index (χ3n) is 7.12. The molecule has 2 aromatic rings. The fraction of sp³-hybridized carbons (Fsp3) is 0.519. The Bertz CT molecular complexity index is 922. The fourth-order valence-corrected chi connectivity index (χ4v) is 5.21. The smallest absolute Gasteiger partial charge is 0.237 e. The van der Waals surface area contributed by atoms with E-state index < -0.39 is 0 Å². The van der Waals surface area contributed by atoms with Gasteiger partial charge in [-0.1, -0.05) is 12.1 Å². The summed E-state index contributed by atoms with van der Waals surface area (Å²) in [5.41, 5.74) is 2.43. The van der Waals surface area contributed by atoms with E-state index in [1.807, 2.05) is 35.2 Å². The molecule has 2 aliphatic rings. The molecule has 0 bridgehead atoms. The maximum absolute atomic E-state index is 13.3. The minimum Gasteiger partial charge on any atom is -0.497 e. The molecule has 0 saturated carbocycles. The van der Waals surface area contributed by atoms with Gasteiger partial charge in [-0.05, 0) is 80.9 Å². The molecular weight excluding hydrogens is 416 g/mol. The summed E-state index contributed by atoms with van der Waals surface area (Å²) in [4.78, 5) is 17.6. The van der Waals surface area contributed by atoms with Crippen molar-refractivity contribution in [3.8, 4) is 17.2 Å². The summed E-state index contributed by atoms with van der Waals surface area (Å²) in [6, 6.07) is 14.4. The molecule has 2 aromatic carbocycles. The van der Waals surface area contributed by atoms with Crippen LogP contribution in [0.5, 0.6) is 17.2 Å². The van der Waals surface area contributed by atoms with E-state index in [2.05, 4.69) is 17.0 Å². The summed E-state index contributed by atoms with van der Waals surface area (Å²) in [6.07, 6.45) is 5.36. The SMILES string of the molecule is COc1ccc(CC2CCN(CC(=O)N3CCCC3c3ccc(OC)cc3OC)CC2)cc1. The van der Waals surface area contributed by atoms with Crippen LogP contribution in [-0.2, 0) is 11.2 Å². The van der Waals surface area contributed by atoms with E-state index in [9.17, 15) is 4.79 Å². The molecule has 0 aromatic heterocycles. The van der Waals surface area contributed by atoms with E-state index in [4.69, 9.17) is 14.2 Å². The van der Waals surface area contributed by atoms with Gasteiger partial charge in [0.2, 0.25) is 5.91 Å². The number of amides is 1. The molecule has 1 atom stereocenters. The number of carbonyl (C=O) groups is 1.